The van der Waals surface area contributed by atoms with Gasteiger partial charge in [-0.3, -0.25) is 9.59 Å². The summed E-state index contributed by atoms with van der Waals surface area (Å²) in [5, 5.41) is 5.54. The fraction of sp³-hybridized carbons (Fsp3) is 0.333. The molecule has 0 saturated heterocycles. The summed E-state index contributed by atoms with van der Waals surface area (Å²) in [6.45, 7) is 5.92. The summed E-state index contributed by atoms with van der Waals surface area (Å²) in [6.07, 6.45) is 1.29. The minimum Gasteiger partial charge on any atom is -0.483 e. The number of hydrogen-bond acceptors (Lipinski definition) is 3. The van der Waals surface area contributed by atoms with Crippen molar-refractivity contribution in [2.24, 2.45) is 0 Å². The Morgan fingerprint density at radius 1 is 0.970 bits per heavy atom. The predicted molar refractivity (Wildman–Crippen MR) is 133 cm³/mol. The number of nitrogens with one attached hydrogen (secondary N) is 1. The van der Waals surface area contributed by atoms with E-state index in [2.05, 4.69) is 5.32 Å². The van der Waals surface area contributed by atoms with Crippen LogP contribution >= 0.6 is 11.6 Å². The van der Waals surface area contributed by atoms with Gasteiger partial charge in [0.1, 0.15) is 11.8 Å². The van der Waals surface area contributed by atoms with Crippen molar-refractivity contribution in [2.75, 3.05) is 6.61 Å². The molecule has 33 heavy (non-hydrogen) atoms. The Bertz CT molecular complexity index is 1100. The Labute approximate surface area is 200 Å². The number of rotatable bonds is 10. The summed E-state index contributed by atoms with van der Waals surface area (Å²) in [4.78, 5) is 28.0. The first-order valence-corrected chi connectivity index (χ1v) is 11.8. The highest BCUT2D eigenvalue weighted by molar-refractivity contribution is 6.31. The standard InChI is InChI=1S/C27H31ClN2O3/c1-4-19(3)29-27(32)24(5-2)30(17-21-12-7-9-15-23(21)28)26(31)18-33-25-16-10-13-20-11-6-8-14-22(20)25/h6-16,19,24H,4-5,17-18H2,1-3H3,(H,29,32)/t19-,24-/m1/s1. The molecule has 174 valence electrons. The van der Waals surface area contributed by atoms with Gasteiger partial charge in [-0.15, -0.1) is 0 Å². The summed E-state index contributed by atoms with van der Waals surface area (Å²) in [5.74, 6) is 0.197. The lowest BCUT2D eigenvalue weighted by Gasteiger charge is -2.31. The van der Waals surface area contributed by atoms with E-state index in [1.165, 1.54) is 0 Å². The van der Waals surface area contributed by atoms with E-state index in [0.29, 0.717) is 17.2 Å². The molecule has 0 bridgehead atoms. The van der Waals surface area contributed by atoms with Crippen LogP contribution in [0.4, 0.5) is 0 Å². The van der Waals surface area contributed by atoms with Crippen molar-refractivity contribution in [3.8, 4) is 5.75 Å². The Balaban J connectivity index is 1.84. The van der Waals surface area contributed by atoms with Gasteiger partial charge in [-0.2, -0.15) is 0 Å². The molecule has 0 fully saturated rings. The van der Waals surface area contributed by atoms with Crippen LogP contribution < -0.4 is 10.1 Å². The summed E-state index contributed by atoms with van der Waals surface area (Å²) < 4.78 is 5.95. The molecule has 0 aliphatic carbocycles. The van der Waals surface area contributed by atoms with Gasteiger partial charge in [0.25, 0.3) is 5.91 Å². The van der Waals surface area contributed by atoms with Crippen LogP contribution in [0.15, 0.2) is 66.7 Å². The second kappa shape index (κ2) is 11.7. The molecule has 6 heteroatoms. The van der Waals surface area contributed by atoms with E-state index in [9.17, 15) is 9.59 Å². The highest BCUT2D eigenvalue weighted by atomic mass is 35.5. The molecule has 0 spiro atoms. The number of nitrogens with zero attached hydrogens (tertiary/aromatic N) is 1. The molecular weight excluding hydrogens is 436 g/mol. The molecule has 1 N–H and O–H groups in total. The van der Waals surface area contributed by atoms with Gasteiger partial charge in [0.05, 0.1) is 0 Å². The summed E-state index contributed by atoms with van der Waals surface area (Å²) in [5.41, 5.74) is 0.785. The number of halogens is 1. The van der Waals surface area contributed by atoms with Gasteiger partial charge in [-0.1, -0.05) is 80.0 Å². The number of benzene rings is 3. The predicted octanol–water partition coefficient (Wildman–Crippen LogP) is 5.59. The lowest BCUT2D eigenvalue weighted by atomic mass is 10.1. The number of fused-ring (bicyclic) bond motifs is 1. The Morgan fingerprint density at radius 2 is 1.67 bits per heavy atom. The first-order valence-electron chi connectivity index (χ1n) is 11.4. The second-order valence-electron chi connectivity index (χ2n) is 8.12. The Hall–Kier alpha value is -3.05. The molecule has 2 atom stereocenters. The first-order chi connectivity index (χ1) is 15.9. The van der Waals surface area contributed by atoms with Crippen molar-refractivity contribution in [3.05, 3.63) is 77.3 Å². The summed E-state index contributed by atoms with van der Waals surface area (Å²) in [7, 11) is 0. The Kier molecular flexibility index (Phi) is 8.72. The normalized spacial score (nSPS) is 12.7. The molecule has 0 aromatic heterocycles. The van der Waals surface area contributed by atoms with Gasteiger partial charge in [0.2, 0.25) is 5.91 Å². The van der Waals surface area contributed by atoms with Gasteiger partial charge < -0.3 is 15.0 Å². The molecule has 3 rings (SSSR count). The Morgan fingerprint density at radius 3 is 2.39 bits per heavy atom. The van der Waals surface area contributed by atoms with E-state index < -0.39 is 6.04 Å². The average molecular weight is 467 g/mol. The molecule has 0 unspecified atom stereocenters. The number of carbonyl (C=O) groups is 2. The molecular formula is C27H31ClN2O3. The van der Waals surface area contributed by atoms with E-state index in [0.717, 1.165) is 22.8 Å². The maximum Gasteiger partial charge on any atom is 0.261 e. The molecule has 0 heterocycles. The largest absolute Gasteiger partial charge is 0.483 e. The van der Waals surface area contributed by atoms with Crippen molar-refractivity contribution in [2.45, 2.75) is 52.2 Å². The smallest absolute Gasteiger partial charge is 0.261 e. The van der Waals surface area contributed by atoms with E-state index in [1.54, 1.807) is 11.0 Å². The maximum absolute atomic E-state index is 13.4. The second-order valence-corrected chi connectivity index (χ2v) is 8.53. The van der Waals surface area contributed by atoms with Crippen molar-refractivity contribution < 1.29 is 14.3 Å². The summed E-state index contributed by atoms with van der Waals surface area (Å²) in [6, 6.07) is 20.4. The van der Waals surface area contributed by atoms with E-state index in [4.69, 9.17) is 16.3 Å². The first kappa shape index (κ1) is 24.6. The van der Waals surface area contributed by atoms with Gasteiger partial charge in [0.15, 0.2) is 6.61 Å². The van der Waals surface area contributed by atoms with Crippen LogP contribution in [0.3, 0.4) is 0 Å². The SMILES string of the molecule is CC[C@@H](C)NC(=O)[C@@H](CC)N(Cc1ccccc1Cl)C(=O)COc1cccc2ccccc12. The zero-order valence-corrected chi connectivity index (χ0v) is 20.1. The summed E-state index contributed by atoms with van der Waals surface area (Å²) >= 11 is 6.38. The van der Waals surface area contributed by atoms with E-state index in [1.807, 2.05) is 81.4 Å². The third kappa shape index (κ3) is 6.26. The zero-order chi connectivity index (χ0) is 23.8. The maximum atomic E-state index is 13.4. The van der Waals surface area contributed by atoms with Crippen LogP contribution in [-0.2, 0) is 16.1 Å². The zero-order valence-electron chi connectivity index (χ0n) is 19.4. The minimum atomic E-state index is -0.626. The van der Waals surface area contributed by atoms with Crippen molar-refractivity contribution in [1.82, 2.24) is 10.2 Å². The molecule has 0 radical (unpaired) electrons. The molecule has 0 aliphatic rings. The third-order valence-corrected chi connectivity index (χ3v) is 6.15. The number of amides is 2. The topological polar surface area (TPSA) is 58.6 Å². The molecule has 2 amide bonds. The molecule has 3 aromatic rings. The number of hydrogen-bond donors (Lipinski definition) is 1. The average Bonchev–Trinajstić information content (AvgIpc) is 2.83. The van der Waals surface area contributed by atoms with Gasteiger partial charge >= 0.3 is 0 Å². The highest BCUT2D eigenvalue weighted by Gasteiger charge is 2.30. The molecule has 3 aromatic carbocycles. The van der Waals surface area contributed by atoms with Gasteiger partial charge in [-0.05, 0) is 42.8 Å². The van der Waals surface area contributed by atoms with Crippen LogP contribution in [0, 0.1) is 0 Å². The van der Waals surface area contributed by atoms with Gasteiger partial charge in [0, 0.05) is 23.0 Å². The molecule has 5 nitrogen and oxygen atoms in total. The van der Waals surface area contributed by atoms with E-state index >= 15 is 0 Å². The molecule has 0 saturated carbocycles. The monoisotopic (exact) mass is 466 g/mol. The lowest BCUT2D eigenvalue weighted by Crippen LogP contribution is -2.51. The van der Waals surface area contributed by atoms with Crippen LogP contribution in [0.5, 0.6) is 5.75 Å². The van der Waals surface area contributed by atoms with E-state index in [-0.39, 0.29) is 31.0 Å². The fourth-order valence-corrected chi connectivity index (χ4v) is 3.91. The molecule has 0 aliphatic heterocycles. The minimum absolute atomic E-state index is 0.0238. The number of ether oxygens (including phenoxy) is 1. The van der Waals surface area contributed by atoms with Crippen LogP contribution in [0.25, 0.3) is 10.8 Å². The quantitative estimate of drug-likeness (QED) is 0.423. The number of carbonyl (C=O) groups excluding carboxylic acids is 2. The third-order valence-electron chi connectivity index (χ3n) is 5.79. The van der Waals surface area contributed by atoms with Crippen LogP contribution in [-0.4, -0.2) is 35.4 Å². The van der Waals surface area contributed by atoms with Crippen molar-refractivity contribution in [1.29, 1.82) is 0 Å². The van der Waals surface area contributed by atoms with Crippen molar-refractivity contribution in [3.63, 3.8) is 0 Å². The lowest BCUT2D eigenvalue weighted by molar-refractivity contribution is -0.143. The fourth-order valence-electron chi connectivity index (χ4n) is 3.71. The van der Waals surface area contributed by atoms with Crippen molar-refractivity contribution >= 4 is 34.2 Å². The van der Waals surface area contributed by atoms with Crippen LogP contribution in [0.2, 0.25) is 5.02 Å². The van der Waals surface area contributed by atoms with Crippen LogP contribution in [0.1, 0.15) is 39.2 Å². The highest BCUT2D eigenvalue weighted by Crippen LogP contribution is 2.26. The van der Waals surface area contributed by atoms with Gasteiger partial charge in [-0.25, -0.2) is 0 Å².